The molecule has 1 amide bonds. The van der Waals surface area contributed by atoms with E-state index in [1.807, 2.05) is 214 Å². The van der Waals surface area contributed by atoms with Gasteiger partial charge in [0, 0.05) is 16.7 Å². The zero-order valence-electron chi connectivity index (χ0n) is 81.6. The molecule has 127 heavy (non-hydrogen) atoms. The van der Waals surface area contributed by atoms with Crippen molar-refractivity contribution in [1.82, 2.24) is 0 Å². The molecule has 8 nitrogen and oxygen atoms in total. The number of nitrogens with two attached hydrogens (primary N) is 1. The van der Waals surface area contributed by atoms with Crippen LogP contribution in [0.3, 0.4) is 0 Å². The highest BCUT2D eigenvalue weighted by molar-refractivity contribution is 6.09. The molecule has 0 heterocycles. The largest absolute Gasteiger partial charge is 0.508 e. The van der Waals surface area contributed by atoms with Crippen molar-refractivity contribution in [3.8, 4) is 23.3 Å². The molecule has 0 saturated heterocycles. The van der Waals surface area contributed by atoms with Gasteiger partial charge in [-0.1, -0.05) is 406 Å². The second-order valence-electron chi connectivity index (χ2n) is 34.0. The fourth-order valence-corrected chi connectivity index (χ4v) is 13.3. The molecule has 0 aliphatic carbocycles. The molecular weight excluding hydrogens is 1550 g/mol. The van der Waals surface area contributed by atoms with Crippen molar-refractivity contribution in [3.05, 3.63) is 432 Å². The number of phenolic OH excluding ortho intramolecular Hbond substituents is 1. The number of carbonyl (C=O) groups excluding carboxylic acids is 2. The van der Waals surface area contributed by atoms with Crippen LogP contribution in [0.25, 0.3) is 21.5 Å². The topological polar surface area (TPSA) is 143 Å². The Morgan fingerprint density at radius 2 is 0.787 bits per heavy atom. The van der Waals surface area contributed by atoms with Crippen molar-refractivity contribution in [3.63, 3.8) is 0 Å². The maximum Gasteiger partial charge on any atom is 0.249 e. The van der Waals surface area contributed by atoms with Crippen molar-refractivity contribution in [2.75, 3.05) is 14.2 Å². The SMILES string of the molecule is CC(C)(C)c1ccccc1.CC(C)c1c2ccccc2cc2ccccc12.CC(C)c1ccccc1.CC(C)c1ccccc1O.CCC.CCc1ccc(CC)cc1.COc1ccc(C(C)C)cc1.COc1ccc(C)cc1C.Cc1ccc(C(=O)c2ccc(C)cc2)cc1.Cc1cccc(C)c1C#N.Cc1cccc(C)c1C(N)=O.Cc1cccc(C)c1CO. The molecule has 670 valence electrons. The molecule has 14 aromatic rings. The number of aryl methyl sites for hydroxylation is 12. The van der Waals surface area contributed by atoms with Gasteiger partial charge in [-0.2, -0.15) is 5.26 Å². The van der Waals surface area contributed by atoms with Gasteiger partial charge in [-0.3, -0.25) is 9.59 Å². The predicted molar refractivity (Wildman–Crippen MR) is 547 cm³/mol. The summed E-state index contributed by atoms with van der Waals surface area (Å²) in [5.41, 5.74) is 30.1. The van der Waals surface area contributed by atoms with E-state index in [9.17, 15) is 14.7 Å². The minimum Gasteiger partial charge on any atom is -0.508 e. The van der Waals surface area contributed by atoms with Crippen molar-refractivity contribution >= 4 is 33.2 Å². The van der Waals surface area contributed by atoms with E-state index >= 15 is 0 Å². The van der Waals surface area contributed by atoms with Crippen LogP contribution < -0.4 is 15.2 Å². The van der Waals surface area contributed by atoms with Gasteiger partial charge in [-0.15, -0.1) is 0 Å². The molecule has 0 aliphatic rings. The van der Waals surface area contributed by atoms with Crippen LogP contribution in [0.5, 0.6) is 17.2 Å². The number of primary amides is 1. The number of nitriles is 1. The maximum atomic E-state index is 12.1. The Bertz CT molecular complexity index is 5330. The third-order valence-corrected chi connectivity index (χ3v) is 21.0. The van der Waals surface area contributed by atoms with Gasteiger partial charge >= 0.3 is 0 Å². The van der Waals surface area contributed by atoms with Gasteiger partial charge in [0.25, 0.3) is 0 Å². The van der Waals surface area contributed by atoms with Gasteiger partial charge in [0.05, 0.1) is 32.5 Å². The van der Waals surface area contributed by atoms with E-state index in [-0.39, 0.29) is 18.3 Å². The molecule has 14 aromatic carbocycles. The molecule has 0 radical (unpaired) electrons. The van der Waals surface area contributed by atoms with E-state index in [2.05, 4.69) is 269 Å². The van der Waals surface area contributed by atoms with Gasteiger partial charge in [0.1, 0.15) is 17.2 Å². The van der Waals surface area contributed by atoms with Crippen LogP contribution in [0.1, 0.15) is 266 Å². The number of fused-ring (bicyclic) bond motifs is 2. The Labute approximate surface area is 766 Å². The zero-order valence-corrected chi connectivity index (χ0v) is 81.6. The molecule has 0 aromatic heterocycles. The lowest BCUT2D eigenvalue weighted by atomic mass is 9.87. The monoisotopic (exact) mass is 1700 g/mol. The summed E-state index contributed by atoms with van der Waals surface area (Å²) < 4.78 is 10.1. The molecule has 4 N–H and O–H groups in total. The van der Waals surface area contributed by atoms with E-state index in [1.54, 1.807) is 20.3 Å². The molecule has 0 saturated carbocycles. The van der Waals surface area contributed by atoms with E-state index in [0.717, 1.165) is 74.4 Å². The van der Waals surface area contributed by atoms with Crippen molar-refractivity contribution in [2.45, 2.75) is 228 Å². The van der Waals surface area contributed by atoms with Crippen molar-refractivity contribution in [2.24, 2.45) is 5.73 Å². The molecule has 0 atom stereocenters. The number of methoxy groups -OCH3 is 2. The Balaban J connectivity index is 0.000000361. The molecule has 8 heteroatoms. The summed E-state index contributed by atoms with van der Waals surface area (Å²) in [5.74, 6) is 4.23. The summed E-state index contributed by atoms with van der Waals surface area (Å²) in [6, 6.07) is 106. The molecule has 14 rings (SSSR count). The minimum absolute atomic E-state index is 0.0833. The van der Waals surface area contributed by atoms with Gasteiger partial charge in [0.15, 0.2) is 5.78 Å². The first-order chi connectivity index (χ1) is 60.4. The summed E-state index contributed by atoms with van der Waals surface area (Å²) in [5, 5.41) is 32.3. The van der Waals surface area contributed by atoms with Crippen LogP contribution in [0, 0.1) is 80.6 Å². The number of hydrogen-bond acceptors (Lipinski definition) is 7. The number of para-hydroxylation sites is 1. The Morgan fingerprint density at radius 1 is 0.402 bits per heavy atom. The van der Waals surface area contributed by atoms with Gasteiger partial charge in [-0.25, -0.2) is 0 Å². The van der Waals surface area contributed by atoms with Crippen LogP contribution in [0.15, 0.2) is 309 Å². The summed E-state index contributed by atoms with van der Waals surface area (Å²) in [4.78, 5) is 22.9. The van der Waals surface area contributed by atoms with Gasteiger partial charge in [0.2, 0.25) is 5.91 Å². The molecule has 0 unspecified atom stereocenters. The number of amides is 1. The molecule has 0 aliphatic heterocycles. The molecule has 0 spiro atoms. The van der Waals surface area contributed by atoms with Gasteiger partial charge in [-0.05, 0) is 246 Å². The summed E-state index contributed by atoms with van der Waals surface area (Å²) in [6.45, 7) is 52.7. The highest BCUT2D eigenvalue weighted by Gasteiger charge is 2.14. The standard InChI is InChI=1S/C17H16.C15H14O.C10H14O.2C10H14.C9H11NO.C9H9N.3C9H12O.C9H12.C3H8/c1-12(2)17-15-9-5-3-7-13(15)11-14-8-4-6-10-16(14)17;1-11-3-7-13(8-4-11)15(16)14-9-5-12(2)6-10-14;1-8(2)9-4-6-10(11-3)7-5-9;1-10(2,3)9-7-5-4-6-8-9;1-3-9-5-7-10(4-2)8-6-9;1-6-4-3-5-7(2)8(6)9(10)11;1-7-4-3-5-8(2)9(7)6-10;1-7-4-5-9(10-3)8(2)6-7;1-7-4-3-5-8(2)9(7)6-10;1-7(2)8-5-3-4-6-9(8)10;1-8(2)9-6-4-3-5-7-9;1-3-2/h3-12H,1-2H3;3-10H,1-2H3;4-8H,1-3H3;4-8H,1-3H3;5-8H,3-4H2,1-2H3;3-5H,1-2H3,(H2,10,11);3-5H,1-2H3;4-6H,1-3H3;3-5,10H,6H2,1-2H3;3-7,10H,1-2H3;3-8H,1-2H3;3H2,1-2H3. The maximum absolute atomic E-state index is 12.1. The first-order valence-electron chi connectivity index (χ1n) is 44.7. The predicted octanol–water partition coefficient (Wildman–Crippen LogP) is 31.7. The summed E-state index contributed by atoms with van der Waals surface area (Å²) >= 11 is 0. The van der Waals surface area contributed by atoms with E-state index in [1.165, 1.54) is 94.7 Å². The normalized spacial score (nSPS) is 10.1. The fraction of sp³-hybridized carbons (Fsp3) is 0.303. The number of ketones is 1. The zero-order chi connectivity index (χ0) is 94.7. The highest BCUT2D eigenvalue weighted by atomic mass is 16.5. The Kier molecular flexibility index (Phi) is 50.3. The summed E-state index contributed by atoms with van der Waals surface area (Å²) in [7, 11) is 3.38. The van der Waals surface area contributed by atoms with Gasteiger partial charge < -0.3 is 25.4 Å². The van der Waals surface area contributed by atoms with E-state index in [0.29, 0.717) is 40.4 Å². The van der Waals surface area contributed by atoms with Crippen LogP contribution in [0.2, 0.25) is 0 Å². The number of phenols is 1. The number of aliphatic hydroxyl groups is 1. The third kappa shape index (κ3) is 39.4. The van der Waals surface area contributed by atoms with Crippen molar-refractivity contribution < 1.29 is 29.3 Å². The number of hydrogen-bond donors (Lipinski definition) is 3. The van der Waals surface area contributed by atoms with E-state index in [4.69, 9.17) is 25.6 Å². The highest BCUT2D eigenvalue weighted by Crippen LogP contribution is 2.34. The first-order valence-corrected chi connectivity index (χ1v) is 44.7. The van der Waals surface area contributed by atoms with Crippen LogP contribution in [-0.4, -0.2) is 36.1 Å². The number of nitrogens with zero attached hydrogens (tertiary/aromatic N) is 1. The van der Waals surface area contributed by atoms with E-state index < -0.39 is 0 Å². The fourth-order valence-electron chi connectivity index (χ4n) is 13.3. The average molecular weight is 1700 g/mol. The number of ether oxygens (including phenoxy) is 2. The minimum atomic E-state index is -0.347. The average Bonchev–Trinajstić information content (AvgIpc) is 0.769. The number of carbonyl (C=O) groups is 2. The number of aliphatic hydroxyl groups excluding tert-OH is 1. The lowest BCUT2D eigenvalue weighted by molar-refractivity contribution is 0.0997. The Morgan fingerprint density at radius 3 is 1.10 bits per heavy atom. The van der Waals surface area contributed by atoms with Crippen LogP contribution in [-0.2, 0) is 24.9 Å². The number of rotatable bonds is 12. The lowest BCUT2D eigenvalue weighted by Crippen LogP contribution is -2.14. The van der Waals surface area contributed by atoms with Crippen LogP contribution >= 0.6 is 0 Å². The second-order valence-corrected chi connectivity index (χ2v) is 34.0. The molecule has 0 fully saturated rings. The lowest BCUT2D eigenvalue weighted by Gasteiger charge is -2.18. The number of benzene rings is 14. The second kappa shape index (κ2) is 58.7. The smallest absolute Gasteiger partial charge is 0.249 e. The first kappa shape index (κ1) is 109. The summed E-state index contributed by atoms with van der Waals surface area (Å²) in [6.07, 6.45) is 3.54. The number of aromatic hydroxyl groups is 1. The molecule has 0 bridgehead atoms. The van der Waals surface area contributed by atoms with Crippen LogP contribution in [0.4, 0.5) is 0 Å². The quantitative estimate of drug-likeness (QED) is 0.0816. The Hall–Kier alpha value is -12.4. The third-order valence-electron chi connectivity index (χ3n) is 21.0. The van der Waals surface area contributed by atoms with Crippen molar-refractivity contribution in [1.29, 1.82) is 5.26 Å². The molecular formula is C119H148N2O6.